The van der Waals surface area contributed by atoms with Crippen LogP contribution in [0.25, 0.3) is 11.2 Å². The van der Waals surface area contributed by atoms with Gasteiger partial charge in [-0.25, -0.2) is 4.98 Å². The number of allylic oxidation sites excluding steroid dienone is 1. The SMILES string of the molecule is Nc1nc2ncn(CC3CCC=CO3)c2c(=O)[nH]1. The number of imidazole rings is 1. The summed E-state index contributed by atoms with van der Waals surface area (Å²) in [5.74, 6) is 0.0783. The number of ether oxygens (including phenoxy) is 1. The lowest BCUT2D eigenvalue weighted by Gasteiger charge is -2.19. The minimum atomic E-state index is -0.277. The van der Waals surface area contributed by atoms with E-state index in [0.717, 1.165) is 12.8 Å². The van der Waals surface area contributed by atoms with E-state index < -0.39 is 0 Å². The number of nitrogens with two attached hydrogens (primary N) is 1. The Morgan fingerprint density at radius 3 is 3.28 bits per heavy atom. The van der Waals surface area contributed by atoms with Crippen LogP contribution in [-0.4, -0.2) is 25.6 Å². The molecule has 94 valence electrons. The fourth-order valence-corrected chi connectivity index (χ4v) is 2.08. The Kier molecular flexibility index (Phi) is 2.51. The molecule has 0 spiro atoms. The molecule has 1 atom stereocenters. The summed E-state index contributed by atoms with van der Waals surface area (Å²) in [6.07, 6.45) is 7.25. The Balaban J connectivity index is 1.97. The van der Waals surface area contributed by atoms with E-state index in [1.54, 1.807) is 17.2 Å². The molecular weight excluding hydrogens is 234 g/mol. The summed E-state index contributed by atoms with van der Waals surface area (Å²) < 4.78 is 7.23. The first-order chi connectivity index (χ1) is 8.74. The molecule has 0 aromatic carbocycles. The number of nitrogens with zero attached hydrogens (tertiary/aromatic N) is 3. The average molecular weight is 247 g/mol. The molecule has 0 saturated carbocycles. The molecule has 0 amide bonds. The van der Waals surface area contributed by atoms with E-state index in [2.05, 4.69) is 15.0 Å². The van der Waals surface area contributed by atoms with Crippen LogP contribution in [0.2, 0.25) is 0 Å². The predicted molar refractivity (Wildman–Crippen MR) is 65.8 cm³/mol. The van der Waals surface area contributed by atoms with E-state index in [4.69, 9.17) is 10.5 Å². The zero-order valence-corrected chi connectivity index (χ0v) is 9.67. The summed E-state index contributed by atoms with van der Waals surface area (Å²) in [7, 11) is 0. The Morgan fingerprint density at radius 1 is 1.61 bits per heavy atom. The summed E-state index contributed by atoms with van der Waals surface area (Å²) in [6.45, 7) is 0.579. The highest BCUT2D eigenvalue weighted by Gasteiger charge is 2.15. The van der Waals surface area contributed by atoms with E-state index in [-0.39, 0.29) is 17.6 Å². The third kappa shape index (κ3) is 1.83. The molecule has 18 heavy (non-hydrogen) atoms. The van der Waals surface area contributed by atoms with Gasteiger partial charge in [-0.2, -0.15) is 4.98 Å². The van der Waals surface area contributed by atoms with Gasteiger partial charge in [-0.15, -0.1) is 0 Å². The summed E-state index contributed by atoms with van der Waals surface area (Å²) in [5.41, 5.74) is 5.99. The molecule has 7 heteroatoms. The highest BCUT2D eigenvalue weighted by molar-refractivity contribution is 5.70. The Bertz CT molecular complexity index is 657. The van der Waals surface area contributed by atoms with Gasteiger partial charge in [0.15, 0.2) is 11.2 Å². The molecule has 0 radical (unpaired) electrons. The largest absolute Gasteiger partial charge is 0.496 e. The van der Waals surface area contributed by atoms with Gasteiger partial charge in [0.25, 0.3) is 5.56 Å². The molecular formula is C11H13N5O2. The zero-order valence-electron chi connectivity index (χ0n) is 9.67. The first-order valence-corrected chi connectivity index (χ1v) is 5.75. The molecule has 2 aromatic rings. The smallest absolute Gasteiger partial charge is 0.278 e. The van der Waals surface area contributed by atoms with Crippen molar-refractivity contribution in [1.82, 2.24) is 19.5 Å². The predicted octanol–water partition coefficient (Wildman–Crippen LogP) is 0.394. The third-order valence-electron chi connectivity index (χ3n) is 2.92. The minimum absolute atomic E-state index is 0.0596. The Labute approximate surface area is 102 Å². The lowest BCUT2D eigenvalue weighted by molar-refractivity contribution is 0.108. The molecule has 7 nitrogen and oxygen atoms in total. The van der Waals surface area contributed by atoms with E-state index >= 15 is 0 Å². The minimum Gasteiger partial charge on any atom is -0.496 e. The van der Waals surface area contributed by atoms with E-state index in [9.17, 15) is 4.79 Å². The average Bonchev–Trinajstić information content (AvgIpc) is 2.73. The van der Waals surface area contributed by atoms with Crippen LogP contribution in [0.15, 0.2) is 23.5 Å². The number of anilines is 1. The summed E-state index contributed by atoms with van der Waals surface area (Å²) in [5, 5.41) is 0. The van der Waals surface area contributed by atoms with Crippen molar-refractivity contribution in [3.05, 3.63) is 29.0 Å². The molecule has 1 aliphatic rings. The molecule has 3 N–H and O–H groups in total. The maximum Gasteiger partial charge on any atom is 0.278 e. The number of aromatic nitrogens is 4. The van der Waals surface area contributed by atoms with Gasteiger partial charge in [0, 0.05) is 0 Å². The second kappa shape index (κ2) is 4.17. The van der Waals surface area contributed by atoms with Crippen molar-refractivity contribution in [2.75, 3.05) is 5.73 Å². The number of nitrogen functional groups attached to an aromatic ring is 1. The molecule has 3 rings (SSSR count). The van der Waals surface area contributed by atoms with Crippen molar-refractivity contribution < 1.29 is 4.74 Å². The number of aromatic amines is 1. The maximum atomic E-state index is 11.8. The molecule has 2 aromatic heterocycles. The molecule has 0 bridgehead atoms. The molecule has 1 aliphatic heterocycles. The van der Waals surface area contributed by atoms with Crippen LogP contribution in [0.5, 0.6) is 0 Å². The van der Waals surface area contributed by atoms with Gasteiger partial charge in [-0.05, 0) is 18.9 Å². The Hall–Kier alpha value is -2.31. The van der Waals surface area contributed by atoms with Crippen molar-refractivity contribution in [1.29, 1.82) is 0 Å². The Morgan fingerprint density at radius 2 is 2.50 bits per heavy atom. The quantitative estimate of drug-likeness (QED) is 0.800. The van der Waals surface area contributed by atoms with Crippen LogP contribution in [0.1, 0.15) is 12.8 Å². The second-order valence-corrected chi connectivity index (χ2v) is 4.23. The third-order valence-corrected chi connectivity index (χ3v) is 2.92. The fourth-order valence-electron chi connectivity index (χ4n) is 2.08. The summed E-state index contributed by atoms with van der Waals surface area (Å²) >= 11 is 0. The van der Waals surface area contributed by atoms with Crippen LogP contribution >= 0.6 is 0 Å². The normalized spacial score (nSPS) is 19.0. The molecule has 0 fully saturated rings. The number of hydrogen-bond acceptors (Lipinski definition) is 5. The second-order valence-electron chi connectivity index (χ2n) is 4.23. The van der Waals surface area contributed by atoms with Crippen LogP contribution in [-0.2, 0) is 11.3 Å². The van der Waals surface area contributed by atoms with Crippen molar-refractivity contribution in [3.63, 3.8) is 0 Å². The standard InChI is InChI=1S/C11H13N5O2/c12-11-14-9-8(10(17)15-11)16(6-13-9)5-7-3-1-2-4-18-7/h2,4,6-7H,1,3,5H2,(H3,12,14,15,17). The van der Waals surface area contributed by atoms with Crippen LogP contribution in [0.4, 0.5) is 5.95 Å². The number of fused-ring (bicyclic) bond motifs is 1. The topological polar surface area (TPSA) is 98.8 Å². The van der Waals surface area contributed by atoms with Gasteiger partial charge >= 0.3 is 0 Å². The lowest BCUT2D eigenvalue weighted by Crippen LogP contribution is -2.22. The molecule has 0 aliphatic carbocycles. The van der Waals surface area contributed by atoms with Crippen molar-refractivity contribution in [2.45, 2.75) is 25.5 Å². The van der Waals surface area contributed by atoms with E-state index in [1.165, 1.54) is 0 Å². The monoisotopic (exact) mass is 247 g/mol. The number of hydrogen-bond donors (Lipinski definition) is 2. The van der Waals surface area contributed by atoms with Gasteiger partial charge in [0.2, 0.25) is 5.95 Å². The highest BCUT2D eigenvalue weighted by Crippen LogP contribution is 2.14. The first kappa shape index (κ1) is 10.8. The van der Waals surface area contributed by atoms with Crippen LogP contribution in [0.3, 0.4) is 0 Å². The van der Waals surface area contributed by atoms with Crippen LogP contribution in [0, 0.1) is 0 Å². The summed E-state index contributed by atoms with van der Waals surface area (Å²) in [4.78, 5) is 22.4. The van der Waals surface area contributed by atoms with Crippen molar-refractivity contribution in [3.8, 4) is 0 Å². The van der Waals surface area contributed by atoms with Crippen molar-refractivity contribution >= 4 is 17.1 Å². The fraction of sp³-hybridized carbons (Fsp3) is 0.364. The van der Waals surface area contributed by atoms with Crippen LogP contribution < -0.4 is 11.3 Å². The molecule has 1 unspecified atom stereocenters. The van der Waals surface area contributed by atoms with E-state index in [1.807, 2.05) is 6.08 Å². The van der Waals surface area contributed by atoms with Gasteiger partial charge in [0.05, 0.1) is 19.1 Å². The van der Waals surface area contributed by atoms with E-state index in [0.29, 0.717) is 17.7 Å². The first-order valence-electron chi connectivity index (χ1n) is 5.75. The molecule has 0 saturated heterocycles. The van der Waals surface area contributed by atoms with Gasteiger partial charge < -0.3 is 15.0 Å². The number of nitrogens with one attached hydrogen (secondary N) is 1. The highest BCUT2D eigenvalue weighted by atomic mass is 16.5. The van der Waals surface area contributed by atoms with Gasteiger partial charge in [-0.1, -0.05) is 0 Å². The van der Waals surface area contributed by atoms with Gasteiger partial charge in [0.1, 0.15) is 6.10 Å². The lowest BCUT2D eigenvalue weighted by atomic mass is 10.1. The zero-order chi connectivity index (χ0) is 12.5. The van der Waals surface area contributed by atoms with Crippen molar-refractivity contribution in [2.24, 2.45) is 0 Å². The number of rotatable bonds is 2. The summed E-state index contributed by atoms with van der Waals surface area (Å²) in [6, 6.07) is 0. The van der Waals surface area contributed by atoms with Gasteiger partial charge in [-0.3, -0.25) is 9.78 Å². The maximum absolute atomic E-state index is 11.8. The number of H-pyrrole nitrogens is 1. The molecule has 3 heterocycles.